The molecule has 0 aliphatic rings. The fraction of sp³-hybridized carbons (Fsp3) is 0.217. The molecule has 0 fully saturated rings. The smallest absolute Gasteiger partial charge is 0.333 e. The molecule has 0 bridgehead atoms. The van der Waals surface area contributed by atoms with Crippen molar-refractivity contribution in [2.45, 2.75) is 13.0 Å². The SMILES string of the molecule is CC(CN(C)C)Oc1ccc(Nc2ncc3c(=N)n(-c4c(Cl)cccc4Cl)c(=O)[nH]c3n2)cc1. The van der Waals surface area contributed by atoms with Gasteiger partial charge >= 0.3 is 5.69 Å². The van der Waals surface area contributed by atoms with E-state index in [0.717, 1.165) is 22.5 Å². The first kappa shape index (κ1) is 23.7. The number of para-hydroxylation sites is 1. The van der Waals surface area contributed by atoms with Gasteiger partial charge < -0.3 is 15.0 Å². The largest absolute Gasteiger partial charge is 0.489 e. The lowest BCUT2D eigenvalue weighted by molar-refractivity contribution is 0.177. The van der Waals surface area contributed by atoms with Crippen LogP contribution in [-0.2, 0) is 0 Å². The topological polar surface area (TPSA) is 112 Å². The maximum Gasteiger partial charge on any atom is 0.333 e. The van der Waals surface area contributed by atoms with Crippen molar-refractivity contribution in [1.29, 1.82) is 5.41 Å². The van der Waals surface area contributed by atoms with Crippen LogP contribution >= 0.6 is 23.2 Å². The number of nitrogens with one attached hydrogen (secondary N) is 3. The van der Waals surface area contributed by atoms with Crippen molar-refractivity contribution < 1.29 is 4.74 Å². The fourth-order valence-corrected chi connectivity index (χ4v) is 4.10. The highest BCUT2D eigenvalue weighted by molar-refractivity contribution is 6.37. The van der Waals surface area contributed by atoms with Gasteiger partial charge in [-0.2, -0.15) is 4.98 Å². The summed E-state index contributed by atoms with van der Waals surface area (Å²) >= 11 is 12.5. The minimum Gasteiger partial charge on any atom is -0.489 e. The molecule has 0 radical (unpaired) electrons. The number of halogens is 2. The van der Waals surface area contributed by atoms with E-state index in [4.69, 9.17) is 33.3 Å². The van der Waals surface area contributed by atoms with Crippen molar-refractivity contribution in [3.63, 3.8) is 0 Å². The lowest BCUT2D eigenvalue weighted by atomic mass is 10.3. The molecule has 2 heterocycles. The maximum absolute atomic E-state index is 12.8. The van der Waals surface area contributed by atoms with Crippen molar-refractivity contribution in [2.75, 3.05) is 26.0 Å². The second-order valence-corrected chi connectivity index (χ2v) is 8.79. The number of rotatable bonds is 7. The van der Waals surface area contributed by atoms with Gasteiger partial charge in [0, 0.05) is 18.4 Å². The summed E-state index contributed by atoms with van der Waals surface area (Å²) in [5.41, 5.74) is 0.459. The highest BCUT2D eigenvalue weighted by Crippen LogP contribution is 2.26. The van der Waals surface area contributed by atoms with Crippen molar-refractivity contribution in [2.24, 2.45) is 0 Å². The zero-order chi connectivity index (χ0) is 24.4. The summed E-state index contributed by atoms with van der Waals surface area (Å²) in [6.45, 7) is 2.82. The summed E-state index contributed by atoms with van der Waals surface area (Å²) in [5, 5.41) is 12.5. The Kier molecular flexibility index (Phi) is 6.87. The number of anilines is 2. The van der Waals surface area contributed by atoms with E-state index in [9.17, 15) is 4.79 Å². The highest BCUT2D eigenvalue weighted by Gasteiger charge is 2.15. The number of hydrogen-bond donors (Lipinski definition) is 3. The quantitative estimate of drug-likeness (QED) is 0.354. The van der Waals surface area contributed by atoms with Crippen molar-refractivity contribution >= 4 is 45.9 Å². The molecule has 1 unspecified atom stereocenters. The summed E-state index contributed by atoms with van der Waals surface area (Å²) < 4.78 is 6.99. The summed E-state index contributed by atoms with van der Waals surface area (Å²) in [6, 6.07) is 12.3. The highest BCUT2D eigenvalue weighted by atomic mass is 35.5. The van der Waals surface area contributed by atoms with Gasteiger partial charge in [0.1, 0.15) is 17.3 Å². The molecule has 2 aromatic heterocycles. The van der Waals surface area contributed by atoms with Gasteiger partial charge in [0.25, 0.3) is 0 Å². The third kappa shape index (κ3) is 5.06. The van der Waals surface area contributed by atoms with Crippen LogP contribution in [0.25, 0.3) is 16.7 Å². The van der Waals surface area contributed by atoms with Crippen LogP contribution in [0.15, 0.2) is 53.5 Å². The molecule has 0 amide bonds. The van der Waals surface area contributed by atoms with E-state index < -0.39 is 5.69 Å². The van der Waals surface area contributed by atoms with E-state index in [1.54, 1.807) is 18.2 Å². The van der Waals surface area contributed by atoms with E-state index in [-0.39, 0.29) is 38.9 Å². The molecule has 9 nitrogen and oxygen atoms in total. The van der Waals surface area contributed by atoms with Crippen LogP contribution in [0.3, 0.4) is 0 Å². The normalized spacial score (nSPS) is 12.2. The summed E-state index contributed by atoms with van der Waals surface area (Å²) in [7, 11) is 4.00. The first-order valence-corrected chi connectivity index (χ1v) is 11.2. The second-order valence-electron chi connectivity index (χ2n) is 7.98. The zero-order valence-corrected chi connectivity index (χ0v) is 20.3. The second kappa shape index (κ2) is 9.84. The molecule has 2 aromatic carbocycles. The number of aromatic nitrogens is 4. The van der Waals surface area contributed by atoms with E-state index >= 15 is 0 Å². The molecular weight excluding hydrogens is 477 g/mol. The number of nitrogens with zero attached hydrogens (tertiary/aromatic N) is 4. The molecule has 34 heavy (non-hydrogen) atoms. The third-order valence-electron chi connectivity index (χ3n) is 4.93. The van der Waals surface area contributed by atoms with Crippen LogP contribution in [0.5, 0.6) is 5.75 Å². The standard InChI is InChI=1S/C23H23Cl2N7O2/c1-13(12-31(2)3)34-15-9-7-14(8-10-15)28-22-27-11-16-20(26)32(23(33)30-21(16)29-22)19-17(24)5-4-6-18(19)25/h4-11,13,26H,12H2,1-3H3,(H2,27,28,29,30,33). The molecule has 0 saturated carbocycles. The number of hydrogen-bond acceptors (Lipinski definition) is 7. The van der Waals surface area contributed by atoms with Crippen LogP contribution in [0, 0.1) is 5.41 Å². The lowest BCUT2D eigenvalue weighted by Gasteiger charge is -2.18. The van der Waals surface area contributed by atoms with Crippen molar-refractivity contribution in [1.82, 2.24) is 24.4 Å². The van der Waals surface area contributed by atoms with Crippen LogP contribution in [0.1, 0.15) is 6.92 Å². The molecule has 4 rings (SSSR count). The van der Waals surface area contributed by atoms with Crippen LogP contribution in [0.2, 0.25) is 10.0 Å². The van der Waals surface area contributed by atoms with E-state index in [1.165, 1.54) is 6.20 Å². The summed E-state index contributed by atoms with van der Waals surface area (Å²) in [5.74, 6) is 1.02. The van der Waals surface area contributed by atoms with Crippen LogP contribution < -0.4 is 21.2 Å². The molecular formula is C23H23Cl2N7O2. The van der Waals surface area contributed by atoms with Crippen molar-refractivity contribution in [3.05, 3.63) is 74.7 Å². The van der Waals surface area contributed by atoms with Crippen LogP contribution in [-0.4, -0.2) is 51.2 Å². The monoisotopic (exact) mass is 499 g/mol. The number of H-pyrrole nitrogens is 1. The Bertz CT molecular complexity index is 1430. The molecule has 4 aromatic rings. The Morgan fingerprint density at radius 3 is 2.50 bits per heavy atom. The lowest BCUT2D eigenvalue weighted by Crippen LogP contribution is -2.34. The van der Waals surface area contributed by atoms with Gasteiger partial charge in [0.2, 0.25) is 5.95 Å². The van der Waals surface area contributed by atoms with E-state index in [0.29, 0.717) is 5.39 Å². The molecule has 0 aliphatic heterocycles. The molecule has 3 N–H and O–H groups in total. The number of benzene rings is 2. The minimum atomic E-state index is -0.592. The molecule has 0 spiro atoms. The zero-order valence-electron chi connectivity index (χ0n) is 18.8. The Hall–Kier alpha value is -3.40. The van der Waals surface area contributed by atoms with Gasteiger partial charge in [-0.1, -0.05) is 29.3 Å². The Morgan fingerprint density at radius 1 is 1.18 bits per heavy atom. The number of ether oxygens (including phenoxy) is 1. The van der Waals surface area contributed by atoms with E-state index in [1.807, 2.05) is 45.3 Å². The summed E-state index contributed by atoms with van der Waals surface area (Å²) in [4.78, 5) is 26.2. The minimum absolute atomic E-state index is 0.0527. The summed E-state index contributed by atoms with van der Waals surface area (Å²) in [6.07, 6.45) is 1.52. The van der Waals surface area contributed by atoms with Gasteiger partial charge in [-0.05, 0) is 57.4 Å². The van der Waals surface area contributed by atoms with Gasteiger partial charge in [-0.15, -0.1) is 0 Å². The Balaban J connectivity index is 1.60. The molecule has 176 valence electrons. The molecule has 11 heteroatoms. The first-order valence-electron chi connectivity index (χ1n) is 10.4. The Morgan fingerprint density at radius 2 is 1.85 bits per heavy atom. The average molecular weight is 500 g/mol. The Labute approximate surface area is 205 Å². The average Bonchev–Trinajstić information content (AvgIpc) is 2.76. The van der Waals surface area contributed by atoms with Gasteiger partial charge in [-0.3, -0.25) is 10.4 Å². The number of likely N-dealkylation sites (N-methyl/N-ethyl adjacent to an activating group) is 1. The van der Waals surface area contributed by atoms with Gasteiger partial charge in [0.15, 0.2) is 5.65 Å². The van der Waals surface area contributed by atoms with Crippen LogP contribution in [0.4, 0.5) is 11.6 Å². The van der Waals surface area contributed by atoms with Crippen molar-refractivity contribution in [3.8, 4) is 11.4 Å². The van der Waals surface area contributed by atoms with Gasteiger partial charge in [-0.25, -0.2) is 14.3 Å². The third-order valence-corrected chi connectivity index (χ3v) is 5.54. The molecule has 0 saturated heterocycles. The number of aromatic amines is 1. The fourth-order valence-electron chi connectivity index (χ4n) is 3.54. The predicted octanol–water partition coefficient (Wildman–Crippen LogP) is 3.97. The maximum atomic E-state index is 12.8. The number of fused-ring (bicyclic) bond motifs is 1. The van der Waals surface area contributed by atoms with E-state index in [2.05, 4.69) is 25.2 Å². The predicted molar refractivity (Wildman–Crippen MR) is 134 cm³/mol. The first-order chi connectivity index (χ1) is 16.2. The van der Waals surface area contributed by atoms with Gasteiger partial charge in [0.05, 0.1) is 21.1 Å². The molecule has 0 aliphatic carbocycles. The molecule has 1 atom stereocenters.